The molecule has 1 aromatic carbocycles. The van der Waals surface area contributed by atoms with Crippen molar-refractivity contribution in [3.8, 4) is 23.0 Å². The Morgan fingerprint density at radius 2 is 2.07 bits per heavy atom. The summed E-state index contributed by atoms with van der Waals surface area (Å²) in [5.41, 5.74) is 3.04. The van der Waals surface area contributed by atoms with Gasteiger partial charge in [-0.1, -0.05) is 36.4 Å². The van der Waals surface area contributed by atoms with Crippen LogP contribution < -0.4 is 4.74 Å². The highest BCUT2D eigenvalue weighted by atomic mass is 32.2. The maximum atomic E-state index is 10.2. The molecule has 0 bridgehead atoms. The van der Waals surface area contributed by atoms with Gasteiger partial charge in [0.1, 0.15) is 5.75 Å². The topological polar surface area (TPSA) is 55.2 Å². The number of aromatic hydroxyl groups is 1. The van der Waals surface area contributed by atoms with E-state index >= 15 is 0 Å². The van der Waals surface area contributed by atoms with Gasteiger partial charge in [0.2, 0.25) is 5.88 Å². The van der Waals surface area contributed by atoms with Gasteiger partial charge in [-0.2, -0.15) is 4.98 Å². The molecule has 0 spiro atoms. The third-order valence-electron chi connectivity index (χ3n) is 5.71. The predicted molar refractivity (Wildman–Crippen MR) is 112 cm³/mol. The zero-order chi connectivity index (χ0) is 19.1. The predicted octanol–water partition coefficient (Wildman–Crippen LogP) is 5.24. The lowest BCUT2D eigenvalue weighted by Crippen LogP contribution is -2.15. The van der Waals surface area contributed by atoms with E-state index in [0.29, 0.717) is 28.4 Å². The average Bonchev–Trinajstić information content (AvgIpc) is 3.11. The highest BCUT2D eigenvalue weighted by molar-refractivity contribution is 8.04. The fourth-order valence-corrected chi connectivity index (χ4v) is 5.88. The summed E-state index contributed by atoms with van der Waals surface area (Å²) in [5.74, 6) is 1.95. The molecule has 2 aromatic rings. The van der Waals surface area contributed by atoms with E-state index in [9.17, 15) is 5.11 Å². The summed E-state index contributed by atoms with van der Waals surface area (Å²) in [6, 6.07) is 9.06. The molecule has 1 aliphatic heterocycles. The standard InChI is InChI=1S/C23H22N2O2S/c1-27-22-13-18(24-23(25-22)17-7-2-4-8-19(17)26)14-10-11-16-15-6-3-5-9-20(15)28-21(16)12-14/h2-4,6-8,10-11,13-15,20,26H,5,9,12H2,1H3. The van der Waals surface area contributed by atoms with Gasteiger partial charge in [-0.15, -0.1) is 11.8 Å². The van der Waals surface area contributed by atoms with Gasteiger partial charge in [-0.25, -0.2) is 4.98 Å². The second kappa shape index (κ2) is 7.13. The minimum atomic E-state index is 0.174. The maximum absolute atomic E-state index is 10.2. The van der Waals surface area contributed by atoms with Crippen LogP contribution in [0.3, 0.4) is 0 Å². The summed E-state index contributed by atoms with van der Waals surface area (Å²) < 4.78 is 5.43. The summed E-state index contributed by atoms with van der Waals surface area (Å²) in [6.07, 6.45) is 12.7. The zero-order valence-corrected chi connectivity index (χ0v) is 16.5. The fraction of sp³-hybridized carbons (Fsp3) is 0.304. The van der Waals surface area contributed by atoms with E-state index < -0.39 is 0 Å². The van der Waals surface area contributed by atoms with E-state index in [1.165, 1.54) is 23.3 Å². The first kappa shape index (κ1) is 17.6. The van der Waals surface area contributed by atoms with Gasteiger partial charge in [-0.3, -0.25) is 0 Å². The number of phenols is 1. The lowest BCUT2D eigenvalue weighted by Gasteiger charge is -2.21. The molecule has 4 nitrogen and oxygen atoms in total. The third kappa shape index (κ3) is 3.04. The van der Waals surface area contributed by atoms with Crippen LogP contribution in [0.2, 0.25) is 0 Å². The normalized spacial score (nSPS) is 25.5. The number of benzene rings is 1. The van der Waals surface area contributed by atoms with Crippen molar-refractivity contribution in [3.05, 3.63) is 70.8 Å². The Bertz CT molecular complexity index is 1010. The van der Waals surface area contributed by atoms with Crippen molar-refractivity contribution >= 4 is 11.8 Å². The van der Waals surface area contributed by atoms with Crippen molar-refractivity contribution < 1.29 is 9.84 Å². The number of thioether (sulfide) groups is 1. The molecule has 28 heavy (non-hydrogen) atoms. The average molecular weight is 391 g/mol. The number of rotatable bonds is 3. The quantitative estimate of drug-likeness (QED) is 0.727. The van der Waals surface area contributed by atoms with Crippen molar-refractivity contribution in [1.29, 1.82) is 0 Å². The smallest absolute Gasteiger partial charge is 0.216 e. The molecule has 2 heterocycles. The number of aromatic nitrogens is 2. The monoisotopic (exact) mass is 390 g/mol. The van der Waals surface area contributed by atoms with Gasteiger partial charge in [0.25, 0.3) is 0 Å². The second-order valence-electron chi connectivity index (χ2n) is 7.41. The summed E-state index contributed by atoms with van der Waals surface area (Å²) in [4.78, 5) is 10.7. The van der Waals surface area contributed by atoms with Crippen molar-refractivity contribution in [1.82, 2.24) is 9.97 Å². The van der Waals surface area contributed by atoms with Crippen LogP contribution in [0.5, 0.6) is 11.6 Å². The molecule has 1 N–H and O–H groups in total. The summed E-state index contributed by atoms with van der Waals surface area (Å²) in [7, 11) is 1.61. The van der Waals surface area contributed by atoms with E-state index in [0.717, 1.165) is 12.1 Å². The number of hydrogen-bond donors (Lipinski definition) is 1. The van der Waals surface area contributed by atoms with Crippen molar-refractivity contribution in [3.63, 3.8) is 0 Å². The van der Waals surface area contributed by atoms with Gasteiger partial charge in [0.15, 0.2) is 5.82 Å². The highest BCUT2D eigenvalue weighted by Crippen LogP contribution is 2.52. The number of ether oxygens (including phenoxy) is 1. The Labute approximate surface area is 169 Å². The number of para-hydroxylation sites is 1. The molecule has 3 unspecified atom stereocenters. The van der Waals surface area contributed by atoms with E-state index in [4.69, 9.17) is 9.72 Å². The number of hydrogen-bond acceptors (Lipinski definition) is 5. The van der Waals surface area contributed by atoms with Gasteiger partial charge >= 0.3 is 0 Å². The van der Waals surface area contributed by atoms with Crippen LogP contribution in [0.1, 0.15) is 30.9 Å². The molecule has 0 saturated carbocycles. The Morgan fingerprint density at radius 1 is 1.18 bits per heavy atom. The number of allylic oxidation sites excluding steroid dienone is 6. The van der Waals surface area contributed by atoms with Gasteiger partial charge < -0.3 is 9.84 Å². The minimum Gasteiger partial charge on any atom is -0.507 e. The zero-order valence-electron chi connectivity index (χ0n) is 15.7. The molecule has 1 aromatic heterocycles. The lowest BCUT2D eigenvalue weighted by atomic mass is 9.83. The van der Waals surface area contributed by atoms with Gasteiger partial charge in [0.05, 0.1) is 18.4 Å². The number of phenolic OH excluding ortho intramolecular Hbond substituents is 1. The van der Waals surface area contributed by atoms with Crippen LogP contribution in [-0.2, 0) is 0 Å². The van der Waals surface area contributed by atoms with Crippen molar-refractivity contribution in [2.45, 2.75) is 30.4 Å². The molecule has 5 rings (SSSR count). The molecule has 2 aliphatic carbocycles. The van der Waals surface area contributed by atoms with E-state index in [1.54, 1.807) is 19.2 Å². The third-order valence-corrected chi connectivity index (χ3v) is 7.22. The number of methoxy groups -OCH3 is 1. The number of nitrogens with zero attached hydrogens (tertiary/aromatic N) is 2. The first-order valence-corrected chi connectivity index (χ1v) is 10.6. The molecular weight excluding hydrogens is 368 g/mol. The fourth-order valence-electron chi connectivity index (χ4n) is 4.26. The first-order valence-electron chi connectivity index (χ1n) is 9.69. The molecular formula is C23H22N2O2S. The lowest BCUT2D eigenvalue weighted by molar-refractivity contribution is 0.396. The van der Waals surface area contributed by atoms with Crippen LogP contribution in [-0.4, -0.2) is 27.4 Å². The van der Waals surface area contributed by atoms with Gasteiger partial charge in [0, 0.05) is 23.2 Å². The molecule has 0 saturated heterocycles. The molecule has 3 atom stereocenters. The largest absolute Gasteiger partial charge is 0.507 e. The minimum absolute atomic E-state index is 0.174. The van der Waals surface area contributed by atoms with E-state index in [1.807, 2.05) is 18.2 Å². The Kier molecular flexibility index (Phi) is 4.47. The molecule has 3 aliphatic rings. The van der Waals surface area contributed by atoms with Crippen LogP contribution >= 0.6 is 11.8 Å². The molecule has 142 valence electrons. The SMILES string of the molecule is COc1cc(C2C=CC3=C(C2)SC2CCC=CC32)nc(-c2ccccc2O)n1. The Balaban J connectivity index is 1.48. The molecule has 5 heteroatoms. The highest BCUT2D eigenvalue weighted by Gasteiger charge is 2.36. The van der Waals surface area contributed by atoms with Crippen LogP contribution in [0.4, 0.5) is 0 Å². The molecule has 0 radical (unpaired) electrons. The molecule has 0 amide bonds. The summed E-state index contributed by atoms with van der Waals surface area (Å²) in [6.45, 7) is 0. The Hall–Kier alpha value is -2.53. The van der Waals surface area contributed by atoms with Crippen LogP contribution in [0.15, 0.2) is 65.1 Å². The maximum Gasteiger partial charge on any atom is 0.216 e. The summed E-state index contributed by atoms with van der Waals surface area (Å²) >= 11 is 2.05. The summed E-state index contributed by atoms with van der Waals surface area (Å²) in [5, 5.41) is 10.9. The number of fused-ring (bicyclic) bond motifs is 2. The van der Waals surface area contributed by atoms with Crippen LogP contribution in [0.25, 0.3) is 11.4 Å². The van der Waals surface area contributed by atoms with E-state index in [-0.39, 0.29) is 11.7 Å². The first-order chi connectivity index (χ1) is 13.7. The van der Waals surface area contributed by atoms with E-state index in [2.05, 4.69) is 41.0 Å². The van der Waals surface area contributed by atoms with Crippen molar-refractivity contribution in [2.24, 2.45) is 5.92 Å². The van der Waals surface area contributed by atoms with Gasteiger partial charge in [-0.05, 0) is 41.9 Å². The van der Waals surface area contributed by atoms with Crippen molar-refractivity contribution in [2.75, 3.05) is 7.11 Å². The Morgan fingerprint density at radius 3 is 2.93 bits per heavy atom. The van der Waals surface area contributed by atoms with Crippen LogP contribution in [0, 0.1) is 5.92 Å². The molecule has 0 fully saturated rings. The second-order valence-corrected chi connectivity index (χ2v) is 8.75.